The predicted octanol–water partition coefficient (Wildman–Crippen LogP) is 7.23. The molecule has 6 aromatic carbocycles. The SMILES string of the molecule is [Cl-].[Cl-].[Os+6].c1ccc(-c2nc3c4cccnc4c4ncccc4c3[nH]2)cc1.c1ccc2nc(-c3ccc4ccccc4n3)ccc2c1.c1ccc2nc(-c3ccc4ccccc4n3)ccc2c1. The molecule has 1 N–H and O–H groups in total. The number of nitrogens with one attached hydrogen (secondary N) is 1. The molecular formula is C55H36Cl2N8Os+4. The van der Waals surface area contributed by atoms with Crippen molar-refractivity contribution in [3.63, 3.8) is 0 Å². The summed E-state index contributed by atoms with van der Waals surface area (Å²) in [5.74, 6) is 0.863. The third kappa shape index (κ3) is 9.06. The van der Waals surface area contributed by atoms with E-state index < -0.39 is 0 Å². The van der Waals surface area contributed by atoms with E-state index >= 15 is 0 Å². The Morgan fingerprint density at radius 2 is 0.667 bits per heavy atom. The van der Waals surface area contributed by atoms with Gasteiger partial charge in [-0.05, 0) is 72.8 Å². The van der Waals surface area contributed by atoms with Crippen LogP contribution in [0.2, 0.25) is 0 Å². The Bertz CT molecular complexity index is 3410. The van der Waals surface area contributed by atoms with Gasteiger partial charge < -0.3 is 29.8 Å². The first-order chi connectivity index (χ1) is 31.2. The van der Waals surface area contributed by atoms with Crippen molar-refractivity contribution >= 4 is 76.5 Å². The zero-order chi connectivity index (χ0) is 42.0. The van der Waals surface area contributed by atoms with Crippen LogP contribution in [-0.4, -0.2) is 39.9 Å². The monoisotopic (exact) mass is 1070 g/mol. The van der Waals surface area contributed by atoms with E-state index in [0.29, 0.717) is 0 Å². The average Bonchev–Trinajstić information content (AvgIpc) is 3.83. The van der Waals surface area contributed by atoms with Crippen LogP contribution in [0.25, 0.3) is 111 Å². The molecule has 13 aromatic rings. The summed E-state index contributed by atoms with van der Waals surface area (Å²) < 4.78 is 0. The normalized spacial score (nSPS) is 10.7. The number of H-pyrrole nitrogens is 1. The molecule has 314 valence electrons. The van der Waals surface area contributed by atoms with Crippen molar-refractivity contribution < 1.29 is 44.6 Å². The molecule has 0 spiro atoms. The molecule has 7 heterocycles. The van der Waals surface area contributed by atoms with Crippen molar-refractivity contribution in [1.29, 1.82) is 0 Å². The minimum atomic E-state index is 0. The molecule has 0 aliphatic carbocycles. The van der Waals surface area contributed by atoms with Gasteiger partial charge in [-0.1, -0.05) is 127 Å². The zero-order valence-electron chi connectivity index (χ0n) is 34.9. The van der Waals surface area contributed by atoms with Crippen molar-refractivity contribution in [3.05, 3.63) is 213 Å². The van der Waals surface area contributed by atoms with Gasteiger partial charge in [0.05, 0.1) is 66.9 Å². The van der Waals surface area contributed by atoms with E-state index in [4.69, 9.17) is 4.98 Å². The standard InChI is InChI=1S/C19H12N4.2C18H12N2.2ClH.Os/c1-2-6-12(7-3-1)19-22-17-13-8-4-10-20-15(13)16-14(18(17)23-19)9-5-11-21-16;2*1-3-7-15-13(5-1)9-11-17(19-15)18-12-10-14-6-2-4-8-16(14)20-18;;;/h1-11H,(H,22,23);2*1-12H;2*1H;/q;;;;;+6/p-2. The summed E-state index contributed by atoms with van der Waals surface area (Å²) in [6.45, 7) is 0. The topological polar surface area (TPSA) is 106 Å². The van der Waals surface area contributed by atoms with Gasteiger partial charge in [0.2, 0.25) is 0 Å². The molecule has 0 amide bonds. The molecule has 11 heteroatoms. The van der Waals surface area contributed by atoms with Crippen molar-refractivity contribution in [2.45, 2.75) is 0 Å². The predicted molar refractivity (Wildman–Crippen MR) is 257 cm³/mol. The van der Waals surface area contributed by atoms with Crippen LogP contribution in [0.15, 0.2) is 213 Å². The van der Waals surface area contributed by atoms with Crippen LogP contribution in [0.4, 0.5) is 0 Å². The summed E-state index contributed by atoms with van der Waals surface area (Å²) >= 11 is 0. The molecule has 0 radical (unpaired) electrons. The Morgan fingerprint density at radius 1 is 0.303 bits per heavy atom. The number of fused-ring (bicyclic) bond motifs is 10. The van der Waals surface area contributed by atoms with Crippen LogP contribution in [0.5, 0.6) is 0 Å². The number of aromatic nitrogens is 8. The van der Waals surface area contributed by atoms with Crippen LogP contribution in [-0.2, 0) is 19.8 Å². The Hall–Kier alpha value is -7.53. The van der Waals surface area contributed by atoms with E-state index in [1.165, 1.54) is 0 Å². The molecule has 0 fully saturated rings. The first kappa shape index (κ1) is 45.1. The summed E-state index contributed by atoms with van der Waals surface area (Å²) in [4.78, 5) is 36.1. The van der Waals surface area contributed by atoms with E-state index in [0.717, 1.165) is 111 Å². The molecule has 0 atom stereocenters. The molecule has 0 aliphatic heterocycles. The molecule has 13 rings (SSSR count). The quantitative estimate of drug-likeness (QED) is 0.186. The maximum atomic E-state index is 4.84. The summed E-state index contributed by atoms with van der Waals surface area (Å²) in [5.41, 5.74) is 12.4. The van der Waals surface area contributed by atoms with E-state index in [-0.39, 0.29) is 44.6 Å². The Balaban J connectivity index is 0.000000132. The van der Waals surface area contributed by atoms with Gasteiger partial charge in [-0.25, -0.2) is 24.9 Å². The summed E-state index contributed by atoms with van der Waals surface area (Å²) in [6, 6.07) is 67.1. The van der Waals surface area contributed by atoms with Crippen molar-refractivity contribution in [3.8, 4) is 34.2 Å². The summed E-state index contributed by atoms with van der Waals surface area (Å²) in [5, 5.41) is 6.67. The van der Waals surface area contributed by atoms with Gasteiger partial charge in [-0.2, -0.15) is 0 Å². The zero-order valence-corrected chi connectivity index (χ0v) is 39.0. The molecule has 0 unspecified atom stereocenters. The number of imidazole rings is 1. The fourth-order valence-corrected chi connectivity index (χ4v) is 7.91. The van der Waals surface area contributed by atoms with Crippen LogP contribution in [0.1, 0.15) is 0 Å². The molecule has 0 bridgehead atoms. The van der Waals surface area contributed by atoms with Gasteiger partial charge in [0.25, 0.3) is 0 Å². The summed E-state index contributed by atoms with van der Waals surface area (Å²) in [7, 11) is 0. The number of aromatic amines is 1. The largest absolute Gasteiger partial charge is 6.00 e. The maximum Gasteiger partial charge on any atom is 6.00 e. The molecule has 7 aromatic heterocycles. The van der Waals surface area contributed by atoms with Gasteiger partial charge in [0, 0.05) is 50.3 Å². The van der Waals surface area contributed by atoms with Gasteiger partial charge in [0.15, 0.2) is 0 Å². The minimum Gasteiger partial charge on any atom is -1.00 e. The average molecular weight is 1070 g/mol. The third-order valence-electron chi connectivity index (χ3n) is 11.0. The van der Waals surface area contributed by atoms with E-state index in [1.54, 1.807) is 12.4 Å². The van der Waals surface area contributed by atoms with E-state index in [1.807, 2.05) is 127 Å². The number of para-hydroxylation sites is 4. The number of rotatable bonds is 3. The summed E-state index contributed by atoms with van der Waals surface area (Å²) in [6.07, 6.45) is 3.60. The molecule has 0 aliphatic rings. The fourth-order valence-electron chi connectivity index (χ4n) is 7.91. The second-order valence-corrected chi connectivity index (χ2v) is 15.0. The van der Waals surface area contributed by atoms with Crippen LogP contribution < -0.4 is 24.8 Å². The number of benzene rings is 6. The smallest absolute Gasteiger partial charge is 1.00 e. The number of halogens is 2. The molecule has 8 nitrogen and oxygen atoms in total. The van der Waals surface area contributed by atoms with Crippen molar-refractivity contribution in [2.24, 2.45) is 0 Å². The number of nitrogens with zero attached hydrogens (tertiary/aromatic N) is 7. The number of hydrogen-bond donors (Lipinski definition) is 1. The molecule has 0 saturated heterocycles. The van der Waals surface area contributed by atoms with Crippen molar-refractivity contribution in [2.75, 3.05) is 0 Å². The number of hydrogen-bond acceptors (Lipinski definition) is 7. The van der Waals surface area contributed by atoms with Gasteiger partial charge in [-0.15, -0.1) is 0 Å². The maximum absolute atomic E-state index is 4.84. The first-order valence-electron chi connectivity index (χ1n) is 20.7. The third-order valence-corrected chi connectivity index (χ3v) is 11.0. The van der Waals surface area contributed by atoms with Crippen LogP contribution >= 0.6 is 0 Å². The van der Waals surface area contributed by atoms with Gasteiger partial charge in [-0.3, -0.25) is 9.97 Å². The van der Waals surface area contributed by atoms with Gasteiger partial charge in [0.1, 0.15) is 5.82 Å². The van der Waals surface area contributed by atoms with Crippen LogP contribution in [0.3, 0.4) is 0 Å². The second kappa shape index (κ2) is 20.1. The molecule has 66 heavy (non-hydrogen) atoms. The fraction of sp³-hybridized carbons (Fsp3) is 0. The van der Waals surface area contributed by atoms with E-state index in [9.17, 15) is 0 Å². The van der Waals surface area contributed by atoms with Gasteiger partial charge >= 0.3 is 19.8 Å². The Labute approximate surface area is 405 Å². The first-order valence-corrected chi connectivity index (χ1v) is 20.7. The Kier molecular flexibility index (Phi) is 13.7. The van der Waals surface area contributed by atoms with E-state index in [2.05, 4.69) is 108 Å². The second-order valence-electron chi connectivity index (χ2n) is 15.0. The van der Waals surface area contributed by atoms with Crippen molar-refractivity contribution in [1.82, 2.24) is 39.9 Å². The number of pyridine rings is 6. The van der Waals surface area contributed by atoms with Crippen LogP contribution in [0, 0.1) is 0 Å². The Morgan fingerprint density at radius 3 is 1.09 bits per heavy atom. The minimum absolute atomic E-state index is 0. The molecular weight excluding hydrogens is 1030 g/mol. The molecule has 0 saturated carbocycles.